The lowest BCUT2D eigenvalue weighted by Crippen LogP contribution is -2.12. The summed E-state index contributed by atoms with van der Waals surface area (Å²) in [5.41, 5.74) is 1.57. The van der Waals surface area contributed by atoms with Gasteiger partial charge in [0.15, 0.2) is 5.82 Å². The largest absolute Gasteiger partial charge is 0.360 e. The summed E-state index contributed by atoms with van der Waals surface area (Å²) in [4.78, 5) is 12.0. The van der Waals surface area contributed by atoms with E-state index in [4.69, 9.17) is 4.52 Å². The Hall–Kier alpha value is -2.82. The van der Waals surface area contributed by atoms with Gasteiger partial charge in [0.1, 0.15) is 5.76 Å². The van der Waals surface area contributed by atoms with Crippen LogP contribution in [0.25, 0.3) is 5.69 Å². The SMILES string of the molecule is Cc1cc(NC(=O)c2ccc(-n3cccc3)cc2)no1. The van der Waals surface area contributed by atoms with Crippen molar-refractivity contribution < 1.29 is 9.32 Å². The third kappa shape index (κ3) is 2.47. The van der Waals surface area contributed by atoms with Crippen LogP contribution in [0, 0.1) is 6.92 Å². The quantitative estimate of drug-likeness (QED) is 0.793. The zero-order valence-electron chi connectivity index (χ0n) is 10.9. The summed E-state index contributed by atoms with van der Waals surface area (Å²) >= 11 is 0. The molecule has 3 aromatic rings. The summed E-state index contributed by atoms with van der Waals surface area (Å²) in [6.07, 6.45) is 3.90. The van der Waals surface area contributed by atoms with Crippen LogP contribution in [-0.4, -0.2) is 15.6 Å². The lowest BCUT2D eigenvalue weighted by molar-refractivity contribution is 0.102. The van der Waals surface area contributed by atoms with Crippen LogP contribution in [0.3, 0.4) is 0 Å². The van der Waals surface area contributed by atoms with Gasteiger partial charge in [0.05, 0.1) is 0 Å². The fourth-order valence-electron chi connectivity index (χ4n) is 1.91. The van der Waals surface area contributed by atoms with Crippen LogP contribution in [-0.2, 0) is 0 Å². The minimum absolute atomic E-state index is 0.211. The smallest absolute Gasteiger partial charge is 0.256 e. The second-order valence-corrected chi connectivity index (χ2v) is 4.41. The molecule has 2 aromatic heterocycles. The van der Waals surface area contributed by atoms with Crippen molar-refractivity contribution in [1.82, 2.24) is 9.72 Å². The standard InChI is InChI=1S/C15H13N3O2/c1-11-10-14(17-20-11)16-15(19)12-4-6-13(7-5-12)18-8-2-3-9-18/h2-10H,1H3,(H,16,17,19). The predicted octanol–water partition coefficient (Wildman–Crippen LogP) is 3.03. The highest BCUT2D eigenvalue weighted by molar-refractivity contribution is 6.03. The monoisotopic (exact) mass is 267 g/mol. The summed E-state index contributed by atoms with van der Waals surface area (Å²) in [6, 6.07) is 12.9. The number of nitrogens with one attached hydrogen (secondary N) is 1. The summed E-state index contributed by atoms with van der Waals surface area (Å²) in [6.45, 7) is 1.77. The first-order valence-electron chi connectivity index (χ1n) is 6.20. The van der Waals surface area contributed by atoms with Crippen LogP contribution in [0.4, 0.5) is 5.82 Å². The molecule has 0 unspecified atom stereocenters. The van der Waals surface area contributed by atoms with E-state index in [9.17, 15) is 4.79 Å². The number of aromatic nitrogens is 2. The van der Waals surface area contributed by atoms with Gasteiger partial charge in [-0.2, -0.15) is 0 Å². The molecule has 0 aliphatic carbocycles. The molecule has 0 aliphatic rings. The number of amides is 1. The molecule has 100 valence electrons. The first-order valence-corrected chi connectivity index (χ1v) is 6.20. The Labute approximate surface area is 115 Å². The second-order valence-electron chi connectivity index (χ2n) is 4.41. The van der Waals surface area contributed by atoms with E-state index in [1.807, 2.05) is 41.2 Å². The van der Waals surface area contributed by atoms with Crippen LogP contribution >= 0.6 is 0 Å². The number of aryl methyl sites for hydroxylation is 1. The maximum atomic E-state index is 12.0. The Kier molecular flexibility index (Phi) is 3.09. The van der Waals surface area contributed by atoms with Gasteiger partial charge < -0.3 is 14.4 Å². The van der Waals surface area contributed by atoms with E-state index in [1.165, 1.54) is 0 Å². The van der Waals surface area contributed by atoms with Crippen molar-refractivity contribution in [3.05, 3.63) is 66.2 Å². The van der Waals surface area contributed by atoms with E-state index >= 15 is 0 Å². The van der Waals surface area contributed by atoms with E-state index in [0.29, 0.717) is 17.1 Å². The van der Waals surface area contributed by atoms with Gasteiger partial charge in [-0.15, -0.1) is 0 Å². The maximum Gasteiger partial charge on any atom is 0.256 e. The summed E-state index contributed by atoms with van der Waals surface area (Å²) < 4.78 is 6.88. The number of carbonyl (C=O) groups excluding carboxylic acids is 1. The van der Waals surface area contributed by atoms with Gasteiger partial charge in [-0.25, -0.2) is 0 Å². The van der Waals surface area contributed by atoms with Gasteiger partial charge in [-0.05, 0) is 43.3 Å². The minimum atomic E-state index is -0.211. The highest BCUT2D eigenvalue weighted by atomic mass is 16.5. The Morgan fingerprint density at radius 2 is 1.90 bits per heavy atom. The average Bonchev–Trinajstić information content (AvgIpc) is 3.11. The summed E-state index contributed by atoms with van der Waals surface area (Å²) in [7, 11) is 0. The van der Waals surface area contributed by atoms with Gasteiger partial charge in [0.25, 0.3) is 5.91 Å². The van der Waals surface area contributed by atoms with Crippen molar-refractivity contribution in [1.29, 1.82) is 0 Å². The van der Waals surface area contributed by atoms with Gasteiger partial charge in [-0.1, -0.05) is 5.16 Å². The Bertz CT molecular complexity index is 712. The van der Waals surface area contributed by atoms with Crippen LogP contribution in [0.15, 0.2) is 59.4 Å². The van der Waals surface area contributed by atoms with Crippen LogP contribution in [0.2, 0.25) is 0 Å². The fraction of sp³-hybridized carbons (Fsp3) is 0.0667. The van der Waals surface area contributed by atoms with Gasteiger partial charge in [-0.3, -0.25) is 4.79 Å². The van der Waals surface area contributed by atoms with Gasteiger partial charge in [0.2, 0.25) is 0 Å². The van der Waals surface area contributed by atoms with Crippen molar-refractivity contribution in [3.63, 3.8) is 0 Å². The first-order chi connectivity index (χ1) is 9.72. The molecular formula is C15H13N3O2. The van der Waals surface area contributed by atoms with E-state index in [2.05, 4.69) is 10.5 Å². The number of rotatable bonds is 3. The van der Waals surface area contributed by atoms with Gasteiger partial charge >= 0.3 is 0 Å². The van der Waals surface area contributed by atoms with E-state index in [1.54, 1.807) is 25.1 Å². The molecule has 0 fully saturated rings. The maximum absolute atomic E-state index is 12.0. The number of nitrogens with zero attached hydrogens (tertiary/aromatic N) is 2. The molecule has 0 spiro atoms. The number of benzene rings is 1. The Balaban J connectivity index is 1.75. The molecule has 0 radical (unpaired) electrons. The molecule has 1 amide bonds. The third-order valence-electron chi connectivity index (χ3n) is 2.90. The number of anilines is 1. The average molecular weight is 267 g/mol. The van der Waals surface area contributed by atoms with E-state index < -0.39 is 0 Å². The van der Waals surface area contributed by atoms with E-state index in [-0.39, 0.29) is 5.91 Å². The van der Waals surface area contributed by atoms with Crippen molar-refractivity contribution in [2.24, 2.45) is 0 Å². The highest BCUT2D eigenvalue weighted by Gasteiger charge is 2.08. The Morgan fingerprint density at radius 3 is 2.50 bits per heavy atom. The van der Waals surface area contributed by atoms with E-state index in [0.717, 1.165) is 5.69 Å². The summed E-state index contributed by atoms with van der Waals surface area (Å²) in [5, 5.41) is 6.41. The summed E-state index contributed by atoms with van der Waals surface area (Å²) in [5.74, 6) is 0.864. The molecule has 0 atom stereocenters. The molecule has 0 saturated heterocycles. The van der Waals surface area contributed by atoms with Crippen molar-refractivity contribution in [2.75, 3.05) is 5.32 Å². The molecule has 1 aromatic carbocycles. The zero-order valence-corrected chi connectivity index (χ0v) is 10.9. The molecule has 0 aliphatic heterocycles. The number of hydrogen-bond acceptors (Lipinski definition) is 3. The molecule has 5 heteroatoms. The van der Waals surface area contributed by atoms with Crippen molar-refractivity contribution in [2.45, 2.75) is 6.92 Å². The predicted molar refractivity (Wildman–Crippen MR) is 75.0 cm³/mol. The zero-order chi connectivity index (χ0) is 13.9. The number of hydrogen-bond donors (Lipinski definition) is 1. The van der Waals surface area contributed by atoms with Crippen molar-refractivity contribution in [3.8, 4) is 5.69 Å². The van der Waals surface area contributed by atoms with Crippen LogP contribution < -0.4 is 5.32 Å². The molecule has 3 rings (SSSR count). The minimum Gasteiger partial charge on any atom is -0.360 e. The second kappa shape index (κ2) is 5.05. The molecule has 0 bridgehead atoms. The van der Waals surface area contributed by atoms with Crippen LogP contribution in [0.1, 0.15) is 16.1 Å². The molecule has 20 heavy (non-hydrogen) atoms. The molecule has 0 saturated carbocycles. The lowest BCUT2D eigenvalue weighted by Gasteiger charge is -2.05. The van der Waals surface area contributed by atoms with Crippen molar-refractivity contribution >= 4 is 11.7 Å². The van der Waals surface area contributed by atoms with Crippen LogP contribution in [0.5, 0.6) is 0 Å². The highest BCUT2D eigenvalue weighted by Crippen LogP contribution is 2.12. The molecule has 2 heterocycles. The normalized spacial score (nSPS) is 10.4. The molecule has 1 N–H and O–H groups in total. The first kappa shape index (κ1) is 12.2. The van der Waals surface area contributed by atoms with Gasteiger partial charge in [0, 0.05) is 29.7 Å². The lowest BCUT2D eigenvalue weighted by atomic mass is 10.2. The topological polar surface area (TPSA) is 60.1 Å². The molecular weight excluding hydrogens is 254 g/mol. The fourth-order valence-corrected chi connectivity index (χ4v) is 1.91. The Morgan fingerprint density at radius 1 is 1.20 bits per heavy atom. The number of carbonyl (C=O) groups is 1. The third-order valence-corrected chi connectivity index (χ3v) is 2.90. The molecule has 5 nitrogen and oxygen atoms in total.